The third-order valence-electron chi connectivity index (χ3n) is 8.18. The molecular formula is C41H48N12O4. The highest BCUT2D eigenvalue weighted by molar-refractivity contribution is 6.00. The lowest BCUT2D eigenvalue weighted by molar-refractivity contribution is 0.262. The summed E-state index contributed by atoms with van der Waals surface area (Å²) in [6, 6.07) is 25.1. The van der Waals surface area contributed by atoms with Gasteiger partial charge in [0.15, 0.2) is 23.1 Å². The largest absolute Gasteiger partial charge is 0.451 e. The molecule has 0 saturated heterocycles. The van der Waals surface area contributed by atoms with Crippen LogP contribution < -0.4 is 48.8 Å². The Labute approximate surface area is 331 Å². The van der Waals surface area contributed by atoms with E-state index in [1.165, 1.54) is 12.4 Å². The van der Waals surface area contributed by atoms with Gasteiger partial charge >= 0.3 is 6.03 Å². The highest BCUT2D eigenvalue weighted by atomic mass is 16.5. The molecule has 0 bridgehead atoms. The highest BCUT2D eigenvalue weighted by Gasteiger charge is 2.17. The zero-order valence-electron chi connectivity index (χ0n) is 32.6. The lowest BCUT2D eigenvalue weighted by Gasteiger charge is -2.18. The minimum atomic E-state index is -0.349. The summed E-state index contributed by atoms with van der Waals surface area (Å²) >= 11 is 0. The van der Waals surface area contributed by atoms with E-state index in [-0.39, 0.29) is 35.5 Å². The maximum Gasteiger partial charge on any atom is 0.323 e. The molecule has 0 atom stereocenters. The standard InChI is InChI=1S/C21H24N6O2.C14H19N5O.C6H5NO/c1-12(2)15-9-13(3)16(26-21(28)25-14-7-5-4-6-8-14)10-17(15)29-18-11-24-20(23)27-19(18)22;1-7(2)9-4-8(3)10(15)5-11(9)20-12-6-18-14(17)19-13(12)16;8-7-6-4-2-1-3-5-6/h4-12H,1-3H3,(H2,25,26,28)(H4,22,23,24,27);4-7H,15H2,1-3H3,(H4,16,17,18,19);1-5H. The molecule has 0 radical (unpaired) electrons. The van der Waals surface area contributed by atoms with Gasteiger partial charge in [-0.25, -0.2) is 14.8 Å². The SMILES string of the molecule is Cc1cc(C(C)C)c(Oc2cnc(N)nc2N)cc1N.Cc1cc(C(C)C)c(Oc2cnc(N)nc2N)cc1NC(=O)Nc1ccccc1.O=Nc1ccccc1. The molecule has 0 unspecified atom stereocenters. The van der Waals surface area contributed by atoms with Crippen molar-refractivity contribution in [1.29, 1.82) is 0 Å². The Morgan fingerprint density at radius 1 is 0.632 bits per heavy atom. The van der Waals surface area contributed by atoms with Crippen molar-refractivity contribution in [2.24, 2.45) is 5.18 Å². The molecular weight excluding hydrogens is 725 g/mol. The van der Waals surface area contributed by atoms with Gasteiger partial charge in [-0.05, 0) is 77.4 Å². The summed E-state index contributed by atoms with van der Waals surface area (Å²) in [4.78, 5) is 37.8. The van der Waals surface area contributed by atoms with E-state index >= 15 is 0 Å². The molecule has 0 aliphatic carbocycles. The minimum Gasteiger partial charge on any atom is -0.451 e. The van der Waals surface area contributed by atoms with E-state index in [1.54, 1.807) is 36.4 Å². The van der Waals surface area contributed by atoms with Gasteiger partial charge in [-0.2, -0.15) is 9.97 Å². The quantitative estimate of drug-likeness (QED) is 0.0534. The summed E-state index contributed by atoms with van der Waals surface area (Å²) in [6.45, 7) is 12.2. The second-order valence-electron chi connectivity index (χ2n) is 13.3. The summed E-state index contributed by atoms with van der Waals surface area (Å²) in [7, 11) is 0. The second kappa shape index (κ2) is 19.7. The summed E-state index contributed by atoms with van der Waals surface area (Å²) < 4.78 is 11.8. The van der Waals surface area contributed by atoms with E-state index in [0.29, 0.717) is 51.7 Å². The number of para-hydroxylation sites is 1. The van der Waals surface area contributed by atoms with Crippen LogP contribution in [0.15, 0.2) is 102 Å². The summed E-state index contributed by atoms with van der Waals surface area (Å²) in [5, 5.41) is 8.38. The van der Waals surface area contributed by atoms with Gasteiger partial charge in [0.05, 0.1) is 12.4 Å². The van der Waals surface area contributed by atoms with E-state index in [4.69, 9.17) is 38.1 Å². The van der Waals surface area contributed by atoms with E-state index in [9.17, 15) is 9.70 Å². The van der Waals surface area contributed by atoms with Crippen LogP contribution in [0, 0.1) is 18.8 Å². The smallest absolute Gasteiger partial charge is 0.323 e. The number of nitrogen functional groups attached to an aromatic ring is 5. The molecule has 12 N–H and O–H groups in total. The van der Waals surface area contributed by atoms with Crippen molar-refractivity contribution in [3.63, 3.8) is 0 Å². The second-order valence-corrected chi connectivity index (χ2v) is 13.3. The molecule has 0 aliphatic rings. The van der Waals surface area contributed by atoms with Gasteiger partial charge in [0, 0.05) is 29.2 Å². The van der Waals surface area contributed by atoms with E-state index < -0.39 is 0 Å². The van der Waals surface area contributed by atoms with Gasteiger partial charge < -0.3 is 48.8 Å². The molecule has 16 heteroatoms. The first kappa shape index (κ1) is 42.3. The number of aromatic nitrogens is 4. The Balaban J connectivity index is 0.000000221. The third-order valence-corrected chi connectivity index (χ3v) is 8.18. The van der Waals surface area contributed by atoms with Crippen LogP contribution in [0.2, 0.25) is 0 Å². The number of ether oxygens (including phenoxy) is 2. The predicted molar refractivity (Wildman–Crippen MR) is 228 cm³/mol. The maximum absolute atomic E-state index is 12.4. The molecule has 2 amide bonds. The molecule has 2 heterocycles. The number of hydrogen-bond acceptors (Lipinski definition) is 14. The highest BCUT2D eigenvalue weighted by Crippen LogP contribution is 2.37. The number of nitroso groups, excluding NO2 is 1. The first-order valence-corrected chi connectivity index (χ1v) is 17.8. The Kier molecular flexibility index (Phi) is 14.6. The predicted octanol–water partition coefficient (Wildman–Crippen LogP) is 9.04. The van der Waals surface area contributed by atoms with Crippen molar-refractivity contribution in [2.45, 2.75) is 53.4 Å². The van der Waals surface area contributed by atoms with Crippen LogP contribution in [0.25, 0.3) is 0 Å². The molecule has 296 valence electrons. The van der Waals surface area contributed by atoms with Crippen molar-refractivity contribution in [2.75, 3.05) is 39.3 Å². The average molecular weight is 773 g/mol. The normalized spacial score (nSPS) is 10.4. The topological polar surface area (TPSA) is 271 Å². The number of aryl methyl sites for hydroxylation is 2. The van der Waals surface area contributed by atoms with Crippen LogP contribution in [-0.4, -0.2) is 26.0 Å². The molecule has 57 heavy (non-hydrogen) atoms. The minimum absolute atomic E-state index is 0.0720. The monoisotopic (exact) mass is 772 g/mol. The van der Waals surface area contributed by atoms with E-state index in [0.717, 1.165) is 22.3 Å². The van der Waals surface area contributed by atoms with Gasteiger partial charge in [0.1, 0.15) is 17.2 Å². The summed E-state index contributed by atoms with van der Waals surface area (Å²) in [5.74, 6) is 2.88. The Hall–Kier alpha value is -7.49. The van der Waals surface area contributed by atoms with Crippen molar-refractivity contribution in [3.8, 4) is 23.0 Å². The van der Waals surface area contributed by atoms with Gasteiger partial charge in [-0.15, -0.1) is 4.91 Å². The molecule has 4 aromatic carbocycles. The molecule has 0 fully saturated rings. The number of anilines is 7. The Bertz CT molecular complexity index is 2290. The Morgan fingerprint density at radius 2 is 1.11 bits per heavy atom. The number of carbonyl (C=O) groups excluding carboxylic acids is 1. The fourth-order valence-electron chi connectivity index (χ4n) is 5.14. The van der Waals surface area contributed by atoms with E-state index in [1.807, 2.05) is 62.4 Å². The number of nitrogens with two attached hydrogens (primary N) is 5. The number of rotatable bonds is 9. The van der Waals surface area contributed by atoms with Gasteiger partial charge in [0.25, 0.3) is 0 Å². The number of nitrogens with zero attached hydrogens (tertiary/aromatic N) is 5. The van der Waals surface area contributed by atoms with Gasteiger partial charge in [0.2, 0.25) is 11.9 Å². The van der Waals surface area contributed by atoms with Gasteiger partial charge in [-0.3, -0.25) is 0 Å². The maximum atomic E-state index is 12.4. The lowest BCUT2D eigenvalue weighted by atomic mass is 9.98. The fourth-order valence-corrected chi connectivity index (χ4v) is 5.14. The first-order chi connectivity index (χ1) is 27.1. The van der Waals surface area contributed by atoms with Crippen LogP contribution in [0.5, 0.6) is 23.0 Å². The zero-order valence-corrected chi connectivity index (χ0v) is 32.6. The molecule has 0 aliphatic heterocycles. The van der Waals surface area contributed by atoms with Gasteiger partial charge in [-0.1, -0.05) is 76.2 Å². The van der Waals surface area contributed by atoms with Crippen molar-refractivity contribution < 1.29 is 14.3 Å². The zero-order chi connectivity index (χ0) is 41.6. The van der Waals surface area contributed by atoms with Crippen LogP contribution in [0.4, 0.5) is 51.1 Å². The fraction of sp³-hybridized carbons (Fsp3) is 0.195. The Morgan fingerprint density at radius 3 is 1.56 bits per heavy atom. The summed E-state index contributed by atoms with van der Waals surface area (Å²) in [6.07, 6.45) is 2.88. The number of urea groups is 1. The number of hydrogen-bond donors (Lipinski definition) is 7. The molecule has 2 aromatic heterocycles. The molecule has 6 rings (SSSR count). The van der Waals surface area contributed by atoms with E-state index in [2.05, 4.69) is 63.4 Å². The number of carbonyl (C=O) groups is 1. The first-order valence-electron chi connectivity index (χ1n) is 17.8. The lowest BCUT2D eigenvalue weighted by Crippen LogP contribution is -2.20. The molecule has 16 nitrogen and oxygen atoms in total. The van der Waals surface area contributed by atoms with Crippen molar-refractivity contribution in [3.05, 3.63) is 124 Å². The molecule has 6 aromatic rings. The molecule has 0 spiro atoms. The van der Waals surface area contributed by atoms with Crippen LogP contribution in [0.3, 0.4) is 0 Å². The van der Waals surface area contributed by atoms with Crippen LogP contribution in [0.1, 0.15) is 61.8 Å². The average Bonchev–Trinajstić information content (AvgIpc) is 3.17. The number of nitrogens with one attached hydrogen (secondary N) is 2. The number of benzene rings is 4. The van der Waals surface area contributed by atoms with Crippen LogP contribution >= 0.6 is 0 Å². The van der Waals surface area contributed by atoms with Crippen molar-refractivity contribution in [1.82, 2.24) is 19.9 Å². The van der Waals surface area contributed by atoms with Crippen LogP contribution in [-0.2, 0) is 0 Å². The third kappa shape index (κ3) is 12.3. The van der Waals surface area contributed by atoms with Crippen molar-refractivity contribution >= 4 is 52.3 Å². The summed E-state index contributed by atoms with van der Waals surface area (Å²) in [5.41, 5.74) is 35.0. The molecule has 0 saturated carbocycles. The number of amides is 2.